The number of rotatable bonds is 1. The Bertz CT molecular complexity index is 652. The lowest BCUT2D eigenvalue weighted by Gasteiger charge is -2.24. The molecule has 1 aromatic carbocycles. The lowest BCUT2D eigenvalue weighted by Crippen LogP contribution is -2.49. The monoisotopic (exact) mass is 265 g/mol. The first kappa shape index (κ1) is 11.0. The third-order valence-electron chi connectivity index (χ3n) is 2.72. The van der Waals surface area contributed by atoms with Crippen LogP contribution in [0.4, 0.5) is 10.6 Å². The Kier molecular flexibility index (Phi) is 2.45. The largest absolute Gasteiger partial charge is 0.354 e. The van der Waals surface area contributed by atoms with Crippen LogP contribution in [0, 0.1) is 0 Å². The third kappa shape index (κ3) is 1.70. The highest BCUT2D eigenvalue weighted by Crippen LogP contribution is 2.29. The van der Waals surface area contributed by atoms with Gasteiger partial charge in [-0.05, 0) is 18.2 Å². The number of halogens is 1. The molecule has 0 atom stereocenters. The number of hydrogen-bond acceptors (Lipinski definition) is 4. The summed E-state index contributed by atoms with van der Waals surface area (Å²) in [7, 11) is 0. The Morgan fingerprint density at radius 1 is 1.39 bits per heavy atom. The summed E-state index contributed by atoms with van der Waals surface area (Å²) in [6.07, 6.45) is 0.237. The van der Waals surface area contributed by atoms with Crippen LogP contribution in [0.15, 0.2) is 22.7 Å². The number of nitrogens with one attached hydrogen (secondary N) is 1. The van der Waals surface area contributed by atoms with Crippen molar-refractivity contribution in [3.8, 4) is 0 Å². The molecule has 1 saturated heterocycles. The van der Waals surface area contributed by atoms with Gasteiger partial charge in [0.15, 0.2) is 11.4 Å². The first-order valence-corrected chi connectivity index (χ1v) is 5.69. The lowest BCUT2D eigenvalue weighted by atomic mass is 10.2. The first-order valence-electron chi connectivity index (χ1n) is 5.31. The van der Waals surface area contributed by atoms with E-state index in [1.807, 2.05) is 0 Å². The molecule has 0 radical (unpaired) electrons. The first-order chi connectivity index (χ1) is 8.65. The molecule has 2 aromatic rings. The van der Waals surface area contributed by atoms with Crippen molar-refractivity contribution < 1.29 is 14.1 Å². The van der Waals surface area contributed by atoms with Gasteiger partial charge in [-0.3, -0.25) is 15.0 Å². The molecular formula is C11H8ClN3O3. The molecule has 0 aliphatic carbocycles. The number of carbonyl (C=O) groups excluding carboxylic acids is 2. The molecule has 0 saturated carbocycles. The smallest absolute Gasteiger partial charge is 0.329 e. The van der Waals surface area contributed by atoms with E-state index in [0.717, 1.165) is 0 Å². The topological polar surface area (TPSA) is 75.4 Å². The summed E-state index contributed by atoms with van der Waals surface area (Å²) < 4.78 is 5.12. The molecule has 0 bridgehead atoms. The maximum Gasteiger partial charge on any atom is 0.329 e. The number of carbonyl (C=O) groups is 2. The number of imide groups is 1. The minimum atomic E-state index is -0.499. The molecule has 1 aliphatic heterocycles. The van der Waals surface area contributed by atoms with Crippen molar-refractivity contribution in [2.45, 2.75) is 6.42 Å². The van der Waals surface area contributed by atoms with Crippen LogP contribution in [0.25, 0.3) is 11.0 Å². The van der Waals surface area contributed by atoms with Crippen molar-refractivity contribution in [2.75, 3.05) is 11.4 Å². The number of fused-ring (bicyclic) bond motifs is 1. The molecule has 6 nitrogen and oxygen atoms in total. The highest BCUT2D eigenvalue weighted by atomic mass is 35.5. The van der Waals surface area contributed by atoms with Gasteiger partial charge in [0.2, 0.25) is 5.91 Å². The summed E-state index contributed by atoms with van der Waals surface area (Å²) in [6.45, 7) is 0.277. The zero-order chi connectivity index (χ0) is 12.7. The number of anilines is 1. The highest BCUT2D eigenvalue weighted by Gasteiger charge is 2.28. The van der Waals surface area contributed by atoms with E-state index in [0.29, 0.717) is 21.8 Å². The van der Waals surface area contributed by atoms with E-state index in [1.54, 1.807) is 18.2 Å². The molecule has 1 aliphatic rings. The van der Waals surface area contributed by atoms with Gasteiger partial charge in [0.05, 0.1) is 5.39 Å². The standard InChI is InChI=1S/C11H8ClN3O3/c12-6-1-2-8-7(5-6)10(14-18-8)15-4-3-9(16)13-11(15)17/h1-2,5H,3-4H2,(H,13,16,17). The Morgan fingerprint density at radius 2 is 2.22 bits per heavy atom. The fourth-order valence-corrected chi connectivity index (χ4v) is 2.03. The van der Waals surface area contributed by atoms with Crippen LogP contribution in [-0.2, 0) is 4.79 Å². The fourth-order valence-electron chi connectivity index (χ4n) is 1.86. The van der Waals surface area contributed by atoms with Crippen molar-refractivity contribution in [1.82, 2.24) is 10.5 Å². The van der Waals surface area contributed by atoms with Crippen LogP contribution >= 0.6 is 11.6 Å². The van der Waals surface area contributed by atoms with E-state index in [1.165, 1.54) is 4.90 Å². The maximum absolute atomic E-state index is 11.7. The zero-order valence-corrected chi connectivity index (χ0v) is 9.90. The van der Waals surface area contributed by atoms with E-state index in [4.69, 9.17) is 16.1 Å². The number of benzene rings is 1. The predicted octanol–water partition coefficient (Wildman–Crippen LogP) is 1.93. The van der Waals surface area contributed by atoms with Gasteiger partial charge in [-0.25, -0.2) is 4.79 Å². The molecule has 2 heterocycles. The summed E-state index contributed by atoms with van der Waals surface area (Å²) in [6, 6.07) is 4.54. The van der Waals surface area contributed by atoms with Crippen molar-refractivity contribution >= 4 is 40.3 Å². The Labute approximate surface area is 106 Å². The average Bonchev–Trinajstić information content (AvgIpc) is 2.72. The molecule has 1 fully saturated rings. The maximum atomic E-state index is 11.7. The molecule has 18 heavy (non-hydrogen) atoms. The number of urea groups is 1. The number of aromatic nitrogens is 1. The van der Waals surface area contributed by atoms with Crippen LogP contribution < -0.4 is 10.2 Å². The number of nitrogens with zero attached hydrogens (tertiary/aromatic N) is 2. The fraction of sp³-hybridized carbons (Fsp3) is 0.182. The average molecular weight is 266 g/mol. The normalized spacial score (nSPS) is 16.2. The quantitative estimate of drug-likeness (QED) is 0.855. The third-order valence-corrected chi connectivity index (χ3v) is 2.96. The van der Waals surface area contributed by atoms with Gasteiger partial charge in [-0.2, -0.15) is 0 Å². The SMILES string of the molecule is O=C1CCN(c2noc3ccc(Cl)cc23)C(=O)N1. The predicted molar refractivity (Wildman–Crippen MR) is 64.5 cm³/mol. The molecule has 92 valence electrons. The van der Waals surface area contributed by atoms with Crippen LogP contribution in [-0.4, -0.2) is 23.6 Å². The summed E-state index contributed by atoms with van der Waals surface area (Å²) in [5, 5.41) is 7.26. The van der Waals surface area contributed by atoms with E-state index < -0.39 is 6.03 Å². The van der Waals surface area contributed by atoms with E-state index in [-0.39, 0.29) is 18.9 Å². The molecule has 1 aromatic heterocycles. The minimum absolute atomic E-state index is 0.237. The minimum Gasteiger partial charge on any atom is -0.354 e. The van der Waals surface area contributed by atoms with Gasteiger partial charge >= 0.3 is 6.03 Å². The second-order valence-electron chi connectivity index (χ2n) is 3.90. The number of hydrogen-bond donors (Lipinski definition) is 1. The molecule has 1 N–H and O–H groups in total. The van der Waals surface area contributed by atoms with Crippen molar-refractivity contribution in [1.29, 1.82) is 0 Å². The molecule has 3 rings (SSSR count). The Morgan fingerprint density at radius 3 is 3.00 bits per heavy atom. The van der Waals surface area contributed by atoms with Crippen LogP contribution in [0.5, 0.6) is 0 Å². The molecule has 0 spiro atoms. The van der Waals surface area contributed by atoms with Crippen LogP contribution in [0.3, 0.4) is 0 Å². The molecule has 7 heteroatoms. The van der Waals surface area contributed by atoms with Crippen molar-refractivity contribution in [3.63, 3.8) is 0 Å². The molecule has 0 unspecified atom stereocenters. The van der Waals surface area contributed by atoms with Gasteiger partial charge in [-0.15, -0.1) is 0 Å². The Hall–Kier alpha value is -2.08. The highest BCUT2D eigenvalue weighted by molar-refractivity contribution is 6.31. The second kappa shape index (κ2) is 3.99. The van der Waals surface area contributed by atoms with Gasteiger partial charge in [0.25, 0.3) is 0 Å². The van der Waals surface area contributed by atoms with E-state index >= 15 is 0 Å². The van der Waals surface area contributed by atoms with Crippen molar-refractivity contribution in [2.24, 2.45) is 0 Å². The summed E-state index contributed by atoms with van der Waals surface area (Å²) in [5.74, 6) is 0.0829. The molecular weight excluding hydrogens is 258 g/mol. The van der Waals surface area contributed by atoms with Gasteiger partial charge in [-0.1, -0.05) is 16.8 Å². The summed E-state index contributed by atoms with van der Waals surface area (Å²) in [5.41, 5.74) is 0.541. The Balaban J connectivity index is 2.06. The van der Waals surface area contributed by atoms with E-state index in [9.17, 15) is 9.59 Å². The summed E-state index contributed by atoms with van der Waals surface area (Å²) >= 11 is 5.90. The van der Waals surface area contributed by atoms with Gasteiger partial charge in [0.1, 0.15) is 0 Å². The van der Waals surface area contributed by atoms with Gasteiger partial charge < -0.3 is 4.52 Å². The molecule has 3 amide bonds. The number of amides is 3. The summed E-state index contributed by atoms with van der Waals surface area (Å²) in [4.78, 5) is 24.2. The van der Waals surface area contributed by atoms with Gasteiger partial charge in [0, 0.05) is 18.0 Å². The van der Waals surface area contributed by atoms with Crippen molar-refractivity contribution in [3.05, 3.63) is 23.2 Å². The van der Waals surface area contributed by atoms with E-state index in [2.05, 4.69) is 10.5 Å². The second-order valence-corrected chi connectivity index (χ2v) is 4.34. The lowest BCUT2D eigenvalue weighted by molar-refractivity contribution is -0.120. The van der Waals surface area contributed by atoms with Crippen LogP contribution in [0.2, 0.25) is 5.02 Å². The zero-order valence-electron chi connectivity index (χ0n) is 9.14. The van der Waals surface area contributed by atoms with Crippen LogP contribution in [0.1, 0.15) is 6.42 Å².